The molecule has 11 nitrogen and oxygen atoms in total. The standard InChI is InChI=1S/C21H31N3O8S/c1-20(2,3)32-19(27)23-9-7-6-8-14(23)13-10-16(25)15(11-22-13)24-12-17(31-18(24)26)21(4,5)33(28,29)30/h10-11,14,17H,6-9,12H2,1-5H3,(H,22,25)(H,28,29,30)/t14?,17-/m1/s1. The molecule has 1 unspecified atom stereocenters. The molecule has 184 valence electrons. The number of piperidine rings is 1. The lowest BCUT2D eigenvalue weighted by Gasteiger charge is -2.36. The Hall–Kier alpha value is -2.60. The highest BCUT2D eigenvalue weighted by atomic mass is 32.2. The highest BCUT2D eigenvalue weighted by Gasteiger charge is 2.49. The van der Waals surface area contributed by atoms with E-state index in [1.807, 2.05) is 0 Å². The second-order valence-electron chi connectivity index (χ2n) is 9.84. The fourth-order valence-corrected chi connectivity index (χ4v) is 4.26. The lowest BCUT2D eigenvalue weighted by atomic mass is 9.99. The molecular weight excluding hydrogens is 454 g/mol. The molecule has 0 aliphatic carbocycles. The molecule has 0 radical (unpaired) electrons. The number of ether oxygens (including phenoxy) is 2. The second kappa shape index (κ2) is 8.64. The van der Waals surface area contributed by atoms with Gasteiger partial charge in [0, 0.05) is 12.6 Å². The number of nitrogens with zero attached hydrogens (tertiary/aromatic N) is 3. The van der Waals surface area contributed by atoms with E-state index in [4.69, 9.17) is 9.47 Å². The first kappa shape index (κ1) is 25.0. The fraction of sp³-hybridized carbons (Fsp3) is 0.667. The largest absolute Gasteiger partial charge is 0.506 e. The molecule has 0 bridgehead atoms. The van der Waals surface area contributed by atoms with E-state index in [2.05, 4.69) is 4.98 Å². The van der Waals surface area contributed by atoms with E-state index >= 15 is 0 Å². The number of carbonyl (C=O) groups is 2. The Morgan fingerprint density at radius 2 is 1.91 bits per heavy atom. The van der Waals surface area contributed by atoms with Crippen LogP contribution in [-0.4, -0.2) is 69.7 Å². The normalized spacial score (nSPS) is 22.3. The van der Waals surface area contributed by atoms with Gasteiger partial charge in [0.15, 0.2) is 0 Å². The molecule has 0 aromatic carbocycles. The number of hydrogen-bond acceptors (Lipinski definition) is 8. The van der Waals surface area contributed by atoms with Crippen LogP contribution in [0.15, 0.2) is 12.3 Å². The summed E-state index contributed by atoms with van der Waals surface area (Å²) in [5.74, 6) is -0.267. The number of aromatic hydroxyl groups is 1. The van der Waals surface area contributed by atoms with Gasteiger partial charge in [-0.2, -0.15) is 8.42 Å². The van der Waals surface area contributed by atoms with Crippen LogP contribution in [0.2, 0.25) is 0 Å². The van der Waals surface area contributed by atoms with Gasteiger partial charge in [0.2, 0.25) is 0 Å². The van der Waals surface area contributed by atoms with E-state index in [-0.39, 0.29) is 18.0 Å². The summed E-state index contributed by atoms with van der Waals surface area (Å²) in [7, 11) is -4.50. The van der Waals surface area contributed by atoms with E-state index in [0.717, 1.165) is 17.7 Å². The summed E-state index contributed by atoms with van der Waals surface area (Å²) in [4.78, 5) is 32.1. The van der Waals surface area contributed by atoms with E-state index in [1.54, 1.807) is 25.7 Å². The topological polar surface area (TPSA) is 147 Å². The number of likely N-dealkylation sites (tertiary alicyclic amines) is 1. The quantitative estimate of drug-likeness (QED) is 0.613. The number of aromatic nitrogens is 1. The third-order valence-electron chi connectivity index (χ3n) is 5.90. The van der Waals surface area contributed by atoms with Crippen molar-refractivity contribution < 1.29 is 37.1 Å². The van der Waals surface area contributed by atoms with Crippen molar-refractivity contribution in [2.45, 2.75) is 76.4 Å². The average molecular weight is 486 g/mol. The Morgan fingerprint density at radius 3 is 2.48 bits per heavy atom. The van der Waals surface area contributed by atoms with Crippen LogP contribution in [-0.2, 0) is 19.6 Å². The molecule has 2 aliphatic rings. The molecule has 3 rings (SSSR count). The van der Waals surface area contributed by atoms with E-state index in [1.165, 1.54) is 26.1 Å². The van der Waals surface area contributed by atoms with Gasteiger partial charge < -0.3 is 14.6 Å². The maximum absolute atomic E-state index is 12.7. The SMILES string of the molecule is CC(C)(C)OC(=O)N1CCCCC1c1cc(O)c(N2C[C@H](C(C)(C)S(=O)(=O)O)OC2=O)cn1. The Bertz CT molecular complexity index is 1030. The molecule has 0 saturated carbocycles. The fourth-order valence-electron chi connectivity index (χ4n) is 3.81. The van der Waals surface area contributed by atoms with Crippen LogP contribution in [0.4, 0.5) is 15.3 Å². The number of rotatable bonds is 4. The number of anilines is 1. The van der Waals surface area contributed by atoms with Gasteiger partial charge in [-0.15, -0.1) is 0 Å². The van der Waals surface area contributed by atoms with E-state index in [0.29, 0.717) is 18.7 Å². The zero-order chi connectivity index (χ0) is 24.8. The zero-order valence-corrected chi connectivity index (χ0v) is 20.3. The van der Waals surface area contributed by atoms with Crippen molar-refractivity contribution in [2.24, 2.45) is 0 Å². The third-order valence-corrected chi connectivity index (χ3v) is 7.49. The summed E-state index contributed by atoms with van der Waals surface area (Å²) < 4.78 is 41.8. The highest BCUT2D eigenvalue weighted by molar-refractivity contribution is 7.87. The Balaban J connectivity index is 1.84. The Kier molecular flexibility index (Phi) is 6.55. The van der Waals surface area contributed by atoms with Crippen molar-refractivity contribution in [1.82, 2.24) is 9.88 Å². The lowest BCUT2D eigenvalue weighted by molar-refractivity contribution is 0.00896. The third kappa shape index (κ3) is 5.16. The Labute approximate surface area is 193 Å². The van der Waals surface area contributed by atoms with Crippen LogP contribution in [0.25, 0.3) is 0 Å². The number of carbonyl (C=O) groups excluding carboxylic acids is 2. The van der Waals surface area contributed by atoms with Gasteiger partial charge >= 0.3 is 12.2 Å². The minimum atomic E-state index is -4.50. The Morgan fingerprint density at radius 1 is 1.24 bits per heavy atom. The van der Waals surface area contributed by atoms with E-state index < -0.39 is 44.8 Å². The van der Waals surface area contributed by atoms with Crippen LogP contribution in [0.3, 0.4) is 0 Å². The molecule has 33 heavy (non-hydrogen) atoms. The highest BCUT2D eigenvalue weighted by Crippen LogP contribution is 2.38. The minimum absolute atomic E-state index is 0.0389. The molecule has 2 amide bonds. The maximum Gasteiger partial charge on any atom is 0.414 e. The predicted molar refractivity (Wildman–Crippen MR) is 119 cm³/mol. The van der Waals surface area contributed by atoms with Crippen molar-refractivity contribution in [1.29, 1.82) is 0 Å². The van der Waals surface area contributed by atoms with Gasteiger partial charge in [0.1, 0.15) is 27.9 Å². The molecular formula is C21H31N3O8S. The molecule has 2 fully saturated rings. The first-order valence-corrected chi connectivity index (χ1v) is 12.2. The number of hydrogen-bond donors (Lipinski definition) is 2. The van der Waals surface area contributed by atoms with Crippen molar-refractivity contribution in [3.8, 4) is 5.75 Å². The van der Waals surface area contributed by atoms with Crippen molar-refractivity contribution in [3.05, 3.63) is 18.0 Å². The zero-order valence-electron chi connectivity index (χ0n) is 19.4. The van der Waals surface area contributed by atoms with Gasteiger partial charge in [-0.3, -0.25) is 19.3 Å². The number of amides is 2. The molecule has 1 aromatic heterocycles. The van der Waals surface area contributed by atoms with Crippen LogP contribution in [0.1, 0.15) is 65.6 Å². The minimum Gasteiger partial charge on any atom is -0.506 e. The number of cyclic esters (lactones) is 1. The van der Waals surface area contributed by atoms with Crippen molar-refractivity contribution in [2.75, 3.05) is 18.0 Å². The first-order valence-electron chi connectivity index (χ1n) is 10.8. The van der Waals surface area contributed by atoms with Gasteiger partial charge in [-0.25, -0.2) is 9.59 Å². The summed E-state index contributed by atoms with van der Waals surface area (Å²) >= 11 is 0. The molecule has 3 heterocycles. The monoisotopic (exact) mass is 485 g/mol. The van der Waals surface area contributed by atoms with Crippen molar-refractivity contribution in [3.63, 3.8) is 0 Å². The molecule has 2 atom stereocenters. The van der Waals surface area contributed by atoms with Gasteiger partial charge in [-0.05, 0) is 53.9 Å². The van der Waals surface area contributed by atoms with Crippen molar-refractivity contribution >= 4 is 28.0 Å². The average Bonchev–Trinajstić information content (AvgIpc) is 3.08. The first-order chi connectivity index (χ1) is 15.1. The summed E-state index contributed by atoms with van der Waals surface area (Å²) in [6.07, 6.45) is 1.15. The molecule has 12 heteroatoms. The predicted octanol–water partition coefficient (Wildman–Crippen LogP) is 3.24. The lowest BCUT2D eigenvalue weighted by Crippen LogP contribution is -2.45. The summed E-state index contributed by atoms with van der Waals surface area (Å²) in [5, 5.41) is 10.7. The second-order valence-corrected chi connectivity index (χ2v) is 11.8. The van der Waals surface area contributed by atoms with Gasteiger partial charge in [0.25, 0.3) is 10.1 Å². The summed E-state index contributed by atoms with van der Waals surface area (Å²) in [6.45, 7) is 8.15. The van der Waals surface area contributed by atoms with Crippen LogP contribution < -0.4 is 4.90 Å². The molecule has 2 saturated heterocycles. The van der Waals surface area contributed by atoms with Crippen LogP contribution in [0.5, 0.6) is 5.75 Å². The molecule has 2 N–H and O–H groups in total. The van der Waals surface area contributed by atoms with E-state index in [9.17, 15) is 27.7 Å². The summed E-state index contributed by atoms with van der Waals surface area (Å²) in [5.41, 5.74) is -0.165. The van der Waals surface area contributed by atoms with Gasteiger partial charge in [0.05, 0.1) is 24.5 Å². The molecule has 2 aliphatic heterocycles. The number of pyridine rings is 1. The molecule has 1 aromatic rings. The summed E-state index contributed by atoms with van der Waals surface area (Å²) in [6, 6.07) is 0.988. The smallest absolute Gasteiger partial charge is 0.414 e. The molecule has 0 spiro atoms. The maximum atomic E-state index is 12.7. The van der Waals surface area contributed by atoms with Crippen LogP contribution in [0, 0.1) is 0 Å². The van der Waals surface area contributed by atoms with Crippen LogP contribution >= 0.6 is 0 Å². The van der Waals surface area contributed by atoms with Gasteiger partial charge in [-0.1, -0.05) is 0 Å².